The predicted molar refractivity (Wildman–Crippen MR) is 68.2 cm³/mol. The third kappa shape index (κ3) is 1.55. The van der Waals surface area contributed by atoms with Crippen molar-refractivity contribution in [2.75, 3.05) is 0 Å². The molecule has 0 spiro atoms. The smallest absolute Gasteiger partial charge is 0.309 e. The van der Waals surface area contributed by atoms with Crippen LogP contribution in [0.2, 0.25) is 0 Å². The summed E-state index contributed by atoms with van der Waals surface area (Å²) in [5, 5.41) is 10.4. The van der Waals surface area contributed by atoms with Crippen molar-refractivity contribution < 1.29 is 19.4 Å². The van der Waals surface area contributed by atoms with Gasteiger partial charge in [0, 0.05) is 12.3 Å². The Kier molecular flexibility index (Phi) is 2.65. The van der Waals surface area contributed by atoms with E-state index in [4.69, 9.17) is 4.74 Å². The van der Waals surface area contributed by atoms with E-state index in [2.05, 4.69) is 0 Å². The van der Waals surface area contributed by atoms with Crippen molar-refractivity contribution in [2.24, 2.45) is 17.3 Å². The molecule has 0 amide bonds. The lowest BCUT2D eigenvalue weighted by Gasteiger charge is -2.46. The number of rotatable bonds is 0. The van der Waals surface area contributed by atoms with Gasteiger partial charge in [0.25, 0.3) is 0 Å². The van der Waals surface area contributed by atoms with Gasteiger partial charge in [0.15, 0.2) is 0 Å². The number of Topliss-reactive ketones (excluding diaryl/α,β-unsaturated/α-hetero) is 1. The Morgan fingerprint density at radius 1 is 1.32 bits per heavy atom. The second-order valence-electron chi connectivity index (χ2n) is 6.44. The molecule has 0 bridgehead atoms. The maximum absolute atomic E-state index is 12.3. The second-order valence-corrected chi connectivity index (χ2v) is 6.44. The highest BCUT2D eigenvalue weighted by Crippen LogP contribution is 2.54. The first-order valence-electron chi connectivity index (χ1n) is 6.98. The van der Waals surface area contributed by atoms with Crippen LogP contribution >= 0.6 is 0 Å². The number of hydrogen-bond donors (Lipinski definition) is 1. The number of carbonyl (C=O) groups is 2. The van der Waals surface area contributed by atoms with Crippen molar-refractivity contribution >= 4 is 11.8 Å². The van der Waals surface area contributed by atoms with Crippen LogP contribution in [0.25, 0.3) is 0 Å². The minimum Gasteiger partial charge on any atom is -0.457 e. The van der Waals surface area contributed by atoms with Crippen LogP contribution in [0.5, 0.6) is 0 Å². The van der Waals surface area contributed by atoms with Crippen molar-refractivity contribution in [3.05, 3.63) is 11.1 Å². The van der Waals surface area contributed by atoms with Crippen molar-refractivity contribution in [1.29, 1.82) is 0 Å². The molecule has 1 N–H and O–H groups in total. The molecule has 0 aromatic rings. The van der Waals surface area contributed by atoms with Gasteiger partial charge in [0.2, 0.25) is 0 Å². The van der Waals surface area contributed by atoms with Gasteiger partial charge in [0.05, 0.1) is 17.4 Å². The molecule has 1 saturated carbocycles. The summed E-state index contributed by atoms with van der Waals surface area (Å²) in [5.41, 5.74) is 1.48. The molecule has 3 rings (SSSR count). The number of aliphatic hydroxyl groups excluding tert-OH is 1. The Bertz CT molecular complexity index is 492. The van der Waals surface area contributed by atoms with Gasteiger partial charge in [-0.25, -0.2) is 0 Å². The van der Waals surface area contributed by atoms with Gasteiger partial charge in [-0.3, -0.25) is 9.59 Å². The Hall–Kier alpha value is -1.16. The number of fused-ring (bicyclic) bond motifs is 3. The quantitative estimate of drug-likeness (QED) is 0.533. The summed E-state index contributed by atoms with van der Waals surface area (Å²) in [5.74, 6) is -0.573. The molecule has 104 valence electrons. The first kappa shape index (κ1) is 12.9. The summed E-state index contributed by atoms with van der Waals surface area (Å²) in [6, 6.07) is 0. The Labute approximate surface area is 112 Å². The maximum atomic E-state index is 12.3. The predicted octanol–water partition coefficient (Wildman–Crippen LogP) is 1.61. The number of aliphatic hydroxyl groups is 1. The third-order valence-electron chi connectivity index (χ3n) is 5.28. The van der Waals surface area contributed by atoms with Gasteiger partial charge in [-0.05, 0) is 32.3 Å². The lowest BCUT2D eigenvalue weighted by Crippen LogP contribution is -2.51. The molecule has 5 atom stereocenters. The molecule has 4 nitrogen and oxygen atoms in total. The fourth-order valence-corrected chi connectivity index (χ4v) is 4.18. The van der Waals surface area contributed by atoms with Crippen LogP contribution in [0.3, 0.4) is 0 Å². The van der Waals surface area contributed by atoms with Gasteiger partial charge in [-0.1, -0.05) is 12.5 Å². The molecule has 2 unspecified atom stereocenters. The molecule has 3 aliphatic rings. The Balaban J connectivity index is 2.12. The molecule has 1 saturated heterocycles. The third-order valence-corrected chi connectivity index (χ3v) is 5.28. The fraction of sp³-hybridized carbons (Fsp3) is 0.733. The largest absolute Gasteiger partial charge is 0.457 e. The van der Waals surface area contributed by atoms with E-state index < -0.39 is 17.6 Å². The van der Waals surface area contributed by atoms with E-state index in [0.29, 0.717) is 12.8 Å². The van der Waals surface area contributed by atoms with Crippen LogP contribution < -0.4 is 0 Å². The number of ether oxygens (including phenoxy) is 1. The van der Waals surface area contributed by atoms with E-state index in [9.17, 15) is 14.7 Å². The summed E-state index contributed by atoms with van der Waals surface area (Å²) in [6.07, 6.45) is 0.644. The SMILES string of the molecule is CC1=C2[C@@H]3OC(=O)C(C)[C@@H]3C(O)C[C@@]2(C)C(=O)CC1. The zero-order valence-electron chi connectivity index (χ0n) is 11.6. The molecule has 0 aromatic heterocycles. The summed E-state index contributed by atoms with van der Waals surface area (Å²) >= 11 is 0. The number of ketones is 1. The Morgan fingerprint density at radius 3 is 2.68 bits per heavy atom. The second kappa shape index (κ2) is 3.92. The molecule has 2 aliphatic carbocycles. The van der Waals surface area contributed by atoms with E-state index in [1.807, 2.05) is 13.8 Å². The topological polar surface area (TPSA) is 63.6 Å². The summed E-state index contributed by atoms with van der Waals surface area (Å²) in [4.78, 5) is 24.1. The van der Waals surface area contributed by atoms with Crippen LogP contribution in [0.4, 0.5) is 0 Å². The van der Waals surface area contributed by atoms with E-state index in [0.717, 1.165) is 17.6 Å². The highest BCUT2D eigenvalue weighted by Gasteiger charge is 2.59. The fourth-order valence-electron chi connectivity index (χ4n) is 4.18. The summed E-state index contributed by atoms with van der Waals surface area (Å²) in [6.45, 7) is 5.72. The lowest BCUT2D eigenvalue weighted by atomic mass is 9.58. The number of hydrogen-bond acceptors (Lipinski definition) is 4. The average Bonchev–Trinajstić information content (AvgIpc) is 2.61. The van der Waals surface area contributed by atoms with Crippen molar-refractivity contribution in [1.82, 2.24) is 0 Å². The van der Waals surface area contributed by atoms with Crippen molar-refractivity contribution in [3.63, 3.8) is 0 Å². The molecular formula is C15H20O4. The van der Waals surface area contributed by atoms with E-state index >= 15 is 0 Å². The monoisotopic (exact) mass is 264 g/mol. The Morgan fingerprint density at radius 2 is 2.00 bits per heavy atom. The highest BCUT2D eigenvalue weighted by molar-refractivity contribution is 5.90. The minimum atomic E-state index is -0.646. The van der Waals surface area contributed by atoms with Gasteiger partial charge in [-0.2, -0.15) is 0 Å². The zero-order chi connectivity index (χ0) is 13.9. The molecule has 1 heterocycles. The first-order chi connectivity index (χ1) is 8.86. The van der Waals surface area contributed by atoms with Gasteiger partial charge in [0.1, 0.15) is 11.9 Å². The van der Waals surface area contributed by atoms with E-state index in [1.165, 1.54) is 0 Å². The van der Waals surface area contributed by atoms with Gasteiger partial charge < -0.3 is 9.84 Å². The molecule has 4 heteroatoms. The first-order valence-corrected chi connectivity index (χ1v) is 6.98. The molecule has 0 radical (unpaired) electrons. The number of allylic oxidation sites excluding steroid dienone is 1. The van der Waals surface area contributed by atoms with Gasteiger partial charge in [-0.15, -0.1) is 0 Å². The minimum absolute atomic E-state index is 0.168. The lowest BCUT2D eigenvalue weighted by molar-refractivity contribution is -0.145. The molecular weight excluding hydrogens is 244 g/mol. The molecule has 19 heavy (non-hydrogen) atoms. The van der Waals surface area contributed by atoms with Crippen LogP contribution in [0, 0.1) is 17.3 Å². The van der Waals surface area contributed by atoms with E-state index in [-0.39, 0.29) is 23.6 Å². The van der Waals surface area contributed by atoms with Crippen molar-refractivity contribution in [3.8, 4) is 0 Å². The van der Waals surface area contributed by atoms with E-state index in [1.54, 1.807) is 6.92 Å². The summed E-state index contributed by atoms with van der Waals surface area (Å²) in [7, 11) is 0. The standard InChI is InChI=1S/C15H20O4/c1-7-4-5-10(17)15(3)6-9(16)11-8(2)14(18)19-13(11)12(7)15/h8-9,11,13,16H,4-6H2,1-3H3/t8?,9?,11-,13-,15+/m1/s1. The van der Waals surface area contributed by atoms with Crippen LogP contribution in [-0.4, -0.2) is 29.1 Å². The van der Waals surface area contributed by atoms with Crippen LogP contribution in [0.1, 0.15) is 40.0 Å². The van der Waals surface area contributed by atoms with Crippen LogP contribution in [-0.2, 0) is 14.3 Å². The normalized spacial score (nSPS) is 45.9. The average molecular weight is 264 g/mol. The molecule has 0 aromatic carbocycles. The highest BCUT2D eigenvalue weighted by atomic mass is 16.6. The molecule has 2 fully saturated rings. The number of carbonyl (C=O) groups excluding carboxylic acids is 2. The van der Waals surface area contributed by atoms with Crippen molar-refractivity contribution in [2.45, 2.75) is 52.2 Å². The summed E-state index contributed by atoms with van der Waals surface area (Å²) < 4.78 is 5.49. The van der Waals surface area contributed by atoms with Crippen LogP contribution in [0.15, 0.2) is 11.1 Å². The van der Waals surface area contributed by atoms with Gasteiger partial charge >= 0.3 is 5.97 Å². The zero-order valence-corrected chi connectivity index (χ0v) is 11.6. The maximum Gasteiger partial charge on any atom is 0.309 e. The number of esters is 1. The molecule has 1 aliphatic heterocycles.